The van der Waals surface area contributed by atoms with Crippen LogP contribution in [-0.2, 0) is 24.8 Å². The number of imidazole rings is 1. The van der Waals surface area contributed by atoms with Crippen LogP contribution in [0.1, 0.15) is 30.0 Å². The zero-order valence-corrected chi connectivity index (χ0v) is 22.2. The molecule has 8 nitrogen and oxygen atoms in total. The predicted molar refractivity (Wildman–Crippen MR) is 144 cm³/mol. The number of amides is 1. The number of nitriles is 1. The molecule has 0 aliphatic heterocycles. The average molecular weight is 531 g/mol. The lowest BCUT2D eigenvalue weighted by Gasteiger charge is -2.26. The van der Waals surface area contributed by atoms with Crippen LogP contribution in [0.5, 0.6) is 5.75 Å². The number of alkyl halides is 1. The largest absolute Gasteiger partial charge is 0.497 e. The van der Waals surface area contributed by atoms with Crippen LogP contribution >= 0.6 is 0 Å². The summed E-state index contributed by atoms with van der Waals surface area (Å²) in [6.07, 6.45) is 1.08. The van der Waals surface area contributed by atoms with Crippen molar-refractivity contribution >= 4 is 34.3 Å². The van der Waals surface area contributed by atoms with Gasteiger partial charge in [-0.2, -0.15) is 5.26 Å². The molecule has 1 aliphatic rings. The van der Waals surface area contributed by atoms with Gasteiger partial charge in [0.25, 0.3) is 0 Å². The molecule has 2 aromatic heterocycles. The van der Waals surface area contributed by atoms with Crippen molar-refractivity contribution in [1.29, 1.82) is 5.26 Å². The van der Waals surface area contributed by atoms with Crippen molar-refractivity contribution in [3.05, 3.63) is 71.3 Å². The summed E-state index contributed by atoms with van der Waals surface area (Å²) in [5.74, 6) is -0.357. The predicted octanol–water partition coefficient (Wildman–Crippen LogP) is 5.21. The Morgan fingerprint density at radius 1 is 1.26 bits per heavy atom. The quantitative estimate of drug-likeness (QED) is 0.311. The minimum Gasteiger partial charge on any atom is -0.497 e. The number of nitrogens with zero attached hydrogens (tertiary/aromatic N) is 6. The van der Waals surface area contributed by atoms with Crippen molar-refractivity contribution < 1.29 is 18.3 Å². The number of aryl methyl sites for hydroxylation is 2. The second-order valence-corrected chi connectivity index (χ2v) is 9.65. The summed E-state index contributed by atoms with van der Waals surface area (Å²) < 4.78 is 36.4. The normalized spacial score (nSPS) is 16.1. The standard InChI is InChI=1S/C29H28F2N6O2/c1-5-19-10-18(14-32)11-23(31)27(19)36(3)25-13-24-26(33-16-35(24)2)28(34-25)37(29(38)21-12-22(21)30)15-17-6-8-20(39-4)9-7-17/h6-11,13,16,21-22H,5,12,15H2,1-4H3/t21?,22-/m1/s1. The number of carbonyl (C=O) groups excluding carboxylic acids is 1. The van der Waals surface area contributed by atoms with E-state index in [1.165, 1.54) is 11.0 Å². The topological polar surface area (TPSA) is 87.3 Å². The molecule has 2 heterocycles. The Labute approximate surface area is 225 Å². The Kier molecular flexibility index (Phi) is 6.91. The summed E-state index contributed by atoms with van der Waals surface area (Å²) in [6, 6.07) is 13.9. The van der Waals surface area contributed by atoms with Crippen molar-refractivity contribution in [3.63, 3.8) is 0 Å². The summed E-state index contributed by atoms with van der Waals surface area (Å²) in [4.78, 5) is 25.9. The molecular weight excluding hydrogens is 502 g/mol. The third-order valence-electron chi connectivity index (χ3n) is 7.06. The average Bonchev–Trinajstić information content (AvgIpc) is 3.57. The summed E-state index contributed by atoms with van der Waals surface area (Å²) in [7, 11) is 5.08. The van der Waals surface area contributed by atoms with Crippen molar-refractivity contribution in [2.45, 2.75) is 32.5 Å². The minimum absolute atomic E-state index is 0.142. The molecule has 1 saturated carbocycles. The Morgan fingerprint density at radius 2 is 1.97 bits per heavy atom. The molecule has 200 valence electrons. The van der Waals surface area contributed by atoms with Crippen molar-refractivity contribution in [2.75, 3.05) is 24.0 Å². The molecule has 1 aliphatic carbocycles. The van der Waals surface area contributed by atoms with Gasteiger partial charge in [0.2, 0.25) is 5.91 Å². The molecule has 2 atom stereocenters. The van der Waals surface area contributed by atoms with Gasteiger partial charge < -0.3 is 14.2 Å². The number of ether oxygens (including phenoxy) is 1. The molecule has 4 aromatic rings. The van der Waals surface area contributed by atoms with Crippen LogP contribution < -0.4 is 14.5 Å². The lowest BCUT2D eigenvalue weighted by molar-refractivity contribution is -0.120. The fourth-order valence-electron chi connectivity index (χ4n) is 4.73. The van der Waals surface area contributed by atoms with E-state index in [4.69, 9.17) is 9.72 Å². The third kappa shape index (κ3) is 4.88. The first kappa shape index (κ1) is 26.1. The van der Waals surface area contributed by atoms with Gasteiger partial charge in [-0.1, -0.05) is 19.1 Å². The highest BCUT2D eigenvalue weighted by molar-refractivity contribution is 6.03. The maximum absolute atomic E-state index is 15.3. The van der Waals surface area contributed by atoms with Gasteiger partial charge in [0, 0.05) is 20.2 Å². The highest BCUT2D eigenvalue weighted by atomic mass is 19.1. The van der Waals surface area contributed by atoms with E-state index < -0.39 is 17.9 Å². The molecule has 1 unspecified atom stereocenters. The molecule has 0 saturated heterocycles. The molecular formula is C29H28F2N6O2. The monoisotopic (exact) mass is 530 g/mol. The molecule has 5 rings (SSSR count). The molecule has 1 amide bonds. The van der Waals surface area contributed by atoms with Gasteiger partial charge in [0.05, 0.1) is 48.7 Å². The van der Waals surface area contributed by atoms with Crippen LogP contribution in [0.3, 0.4) is 0 Å². The zero-order chi connectivity index (χ0) is 27.8. The number of anilines is 3. The number of benzene rings is 2. The van der Waals surface area contributed by atoms with Crippen LogP contribution in [0.15, 0.2) is 48.8 Å². The Hall–Kier alpha value is -4.52. The van der Waals surface area contributed by atoms with E-state index in [1.807, 2.05) is 32.2 Å². The lowest BCUT2D eigenvalue weighted by atomic mass is 10.1. The summed E-state index contributed by atoms with van der Waals surface area (Å²) in [6.45, 7) is 2.03. The highest BCUT2D eigenvalue weighted by Crippen LogP contribution is 2.39. The second-order valence-electron chi connectivity index (χ2n) is 9.65. The number of carbonyl (C=O) groups is 1. The van der Waals surface area contributed by atoms with Gasteiger partial charge in [0.1, 0.15) is 29.1 Å². The van der Waals surface area contributed by atoms with Crippen LogP contribution in [0, 0.1) is 23.1 Å². The SMILES string of the molecule is CCc1cc(C#N)cc(F)c1N(C)c1cc2c(ncn2C)c(N(Cc2ccc(OC)cc2)C(=O)C2C[C@H]2F)n1. The van der Waals surface area contributed by atoms with E-state index in [2.05, 4.69) is 4.98 Å². The molecule has 1 fully saturated rings. The fourth-order valence-corrected chi connectivity index (χ4v) is 4.73. The maximum atomic E-state index is 15.3. The second kappa shape index (κ2) is 10.3. The number of aromatic nitrogens is 3. The van der Waals surface area contributed by atoms with E-state index in [-0.39, 0.29) is 35.9 Å². The first-order valence-corrected chi connectivity index (χ1v) is 12.6. The van der Waals surface area contributed by atoms with E-state index in [0.717, 1.165) is 5.56 Å². The molecule has 10 heteroatoms. The summed E-state index contributed by atoms with van der Waals surface area (Å²) in [5, 5.41) is 9.30. The number of halogens is 2. The smallest absolute Gasteiger partial charge is 0.234 e. The number of rotatable bonds is 8. The first-order valence-electron chi connectivity index (χ1n) is 12.6. The number of fused-ring (bicyclic) bond motifs is 1. The maximum Gasteiger partial charge on any atom is 0.234 e. The fraction of sp³-hybridized carbons (Fsp3) is 0.310. The van der Waals surface area contributed by atoms with E-state index >= 15 is 4.39 Å². The molecule has 0 radical (unpaired) electrons. The summed E-state index contributed by atoms with van der Waals surface area (Å²) >= 11 is 0. The van der Waals surface area contributed by atoms with Gasteiger partial charge in [0.15, 0.2) is 5.82 Å². The first-order chi connectivity index (χ1) is 18.7. The third-order valence-corrected chi connectivity index (χ3v) is 7.06. The molecule has 39 heavy (non-hydrogen) atoms. The van der Waals surface area contributed by atoms with Gasteiger partial charge in [-0.15, -0.1) is 0 Å². The molecule has 0 bridgehead atoms. The Balaban J connectivity index is 1.65. The van der Waals surface area contributed by atoms with Gasteiger partial charge in [-0.25, -0.2) is 18.7 Å². The number of pyridine rings is 1. The van der Waals surface area contributed by atoms with E-state index in [0.29, 0.717) is 34.6 Å². The van der Waals surface area contributed by atoms with E-state index in [9.17, 15) is 14.4 Å². The van der Waals surface area contributed by atoms with Crippen molar-refractivity contribution in [2.24, 2.45) is 13.0 Å². The van der Waals surface area contributed by atoms with Crippen molar-refractivity contribution in [1.82, 2.24) is 14.5 Å². The zero-order valence-electron chi connectivity index (χ0n) is 22.2. The minimum atomic E-state index is -1.19. The number of hydrogen-bond donors (Lipinski definition) is 0. The van der Waals surface area contributed by atoms with Crippen LogP contribution in [-0.4, -0.2) is 40.8 Å². The van der Waals surface area contributed by atoms with Crippen LogP contribution in [0.2, 0.25) is 0 Å². The van der Waals surface area contributed by atoms with Crippen molar-refractivity contribution in [3.8, 4) is 11.8 Å². The van der Waals surface area contributed by atoms with Gasteiger partial charge >= 0.3 is 0 Å². The van der Waals surface area contributed by atoms with E-state index in [1.54, 1.807) is 54.2 Å². The lowest BCUT2D eigenvalue weighted by Crippen LogP contribution is -2.33. The highest BCUT2D eigenvalue weighted by Gasteiger charge is 2.46. The van der Waals surface area contributed by atoms with Gasteiger partial charge in [-0.3, -0.25) is 9.69 Å². The number of methoxy groups -OCH3 is 1. The van der Waals surface area contributed by atoms with Gasteiger partial charge in [-0.05, 0) is 48.2 Å². The molecule has 2 aromatic carbocycles. The molecule has 0 N–H and O–H groups in total. The summed E-state index contributed by atoms with van der Waals surface area (Å²) in [5.41, 5.74) is 3.12. The van der Waals surface area contributed by atoms with Crippen LogP contribution in [0.4, 0.5) is 26.1 Å². The number of hydrogen-bond acceptors (Lipinski definition) is 6. The molecule has 0 spiro atoms. The Morgan fingerprint density at radius 3 is 2.59 bits per heavy atom. The van der Waals surface area contributed by atoms with Crippen LogP contribution in [0.25, 0.3) is 11.0 Å². The Bertz CT molecular complexity index is 1590.